The number of nitrogens with one attached hydrogen (secondary N) is 1. The average molecular weight is 435 g/mol. The fourth-order valence-corrected chi connectivity index (χ4v) is 2.80. The molecule has 0 amide bonds. The summed E-state index contributed by atoms with van der Waals surface area (Å²) in [5.41, 5.74) is 0.708. The fraction of sp³-hybridized carbons (Fsp3) is 0.158. The highest BCUT2D eigenvalue weighted by atomic mass is 35.5. The Kier molecular flexibility index (Phi) is 6.40. The van der Waals surface area contributed by atoms with Crippen molar-refractivity contribution >= 4 is 30.0 Å². The molecule has 150 valence electrons. The maximum Gasteiger partial charge on any atom is 0.296 e. The van der Waals surface area contributed by atoms with E-state index in [4.69, 9.17) is 33.3 Å². The van der Waals surface area contributed by atoms with Gasteiger partial charge in [0.1, 0.15) is 18.1 Å². The molecule has 0 aliphatic heterocycles. The van der Waals surface area contributed by atoms with Gasteiger partial charge >= 0.3 is 0 Å². The number of methoxy groups -OCH3 is 1. The van der Waals surface area contributed by atoms with Crippen molar-refractivity contribution in [3.05, 3.63) is 79.2 Å². The molecule has 0 spiro atoms. The van der Waals surface area contributed by atoms with Gasteiger partial charge in [-0.05, 0) is 55.0 Å². The quantitative estimate of drug-likeness (QED) is 0.470. The number of nitrogens with zero attached hydrogens (tertiary/aromatic N) is 3. The third-order valence-electron chi connectivity index (χ3n) is 3.96. The molecule has 1 heterocycles. The highest BCUT2D eigenvalue weighted by Crippen LogP contribution is 2.29. The van der Waals surface area contributed by atoms with Crippen LogP contribution in [0.3, 0.4) is 0 Å². The third-order valence-corrected chi connectivity index (χ3v) is 4.58. The van der Waals surface area contributed by atoms with Crippen LogP contribution >= 0.6 is 23.8 Å². The first kappa shape index (κ1) is 20.7. The topological polar surface area (TPSA) is 81.5 Å². The van der Waals surface area contributed by atoms with E-state index in [2.05, 4.69) is 15.3 Å². The summed E-state index contributed by atoms with van der Waals surface area (Å²) < 4.78 is 26.0. The van der Waals surface area contributed by atoms with Gasteiger partial charge in [-0.2, -0.15) is 14.9 Å². The molecule has 1 N–H and O–H groups in total. The molecule has 0 unspecified atom stereocenters. The number of ether oxygens (including phenoxy) is 2. The van der Waals surface area contributed by atoms with Gasteiger partial charge in [0.05, 0.1) is 18.3 Å². The molecular weight excluding hydrogens is 419 g/mol. The summed E-state index contributed by atoms with van der Waals surface area (Å²) in [6.45, 7) is 1.49. The summed E-state index contributed by atoms with van der Waals surface area (Å²) in [4.78, 5) is 12.1. The lowest BCUT2D eigenvalue weighted by Crippen LogP contribution is -2.22. The highest BCUT2D eigenvalue weighted by molar-refractivity contribution is 7.71. The monoisotopic (exact) mass is 434 g/mol. The van der Waals surface area contributed by atoms with Crippen LogP contribution in [0.5, 0.6) is 11.5 Å². The number of H-pyrrole nitrogens is 1. The van der Waals surface area contributed by atoms with Crippen molar-refractivity contribution in [2.45, 2.75) is 13.5 Å². The SMILES string of the molecule is COc1cc(/C=N/n2c(=S)[nH]nc(C)c2=O)ccc1OCc1c(F)cccc1Cl. The Morgan fingerprint density at radius 2 is 2.14 bits per heavy atom. The van der Waals surface area contributed by atoms with Crippen molar-refractivity contribution in [3.63, 3.8) is 0 Å². The molecule has 0 bridgehead atoms. The lowest BCUT2D eigenvalue weighted by Gasteiger charge is -2.12. The van der Waals surface area contributed by atoms with Crippen LogP contribution in [-0.2, 0) is 6.61 Å². The summed E-state index contributed by atoms with van der Waals surface area (Å²) in [6.07, 6.45) is 1.45. The Hall–Kier alpha value is -3.04. The number of aromatic nitrogens is 3. The molecule has 3 rings (SSSR count). The molecule has 1 aromatic heterocycles. The predicted molar refractivity (Wildman–Crippen MR) is 110 cm³/mol. The molecule has 0 atom stereocenters. The normalized spacial score (nSPS) is 11.0. The van der Waals surface area contributed by atoms with E-state index in [1.807, 2.05) is 0 Å². The highest BCUT2D eigenvalue weighted by Gasteiger charge is 2.11. The van der Waals surface area contributed by atoms with Crippen LogP contribution in [0.2, 0.25) is 5.02 Å². The van der Waals surface area contributed by atoms with Gasteiger partial charge in [-0.15, -0.1) is 0 Å². The van der Waals surface area contributed by atoms with Crippen LogP contribution in [0.25, 0.3) is 0 Å². The molecule has 0 radical (unpaired) electrons. The predicted octanol–water partition coefficient (Wildman–Crippen LogP) is 3.87. The van der Waals surface area contributed by atoms with E-state index in [0.717, 1.165) is 4.68 Å². The van der Waals surface area contributed by atoms with Gasteiger partial charge < -0.3 is 9.47 Å². The second-order valence-corrected chi connectivity index (χ2v) is 6.67. The zero-order valence-electron chi connectivity index (χ0n) is 15.5. The number of halogens is 2. The lowest BCUT2D eigenvalue weighted by molar-refractivity contribution is 0.280. The minimum absolute atomic E-state index is 0.0594. The van der Waals surface area contributed by atoms with E-state index in [0.29, 0.717) is 17.1 Å². The van der Waals surface area contributed by atoms with Gasteiger partial charge in [-0.1, -0.05) is 17.7 Å². The lowest BCUT2D eigenvalue weighted by atomic mass is 10.2. The second-order valence-electron chi connectivity index (χ2n) is 5.87. The number of rotatable bonds is 6. The molecule has 3 aromatic rings. The number of aromatic amines is 1. The summed E-state index contributed by atoms with van der Waals surface area (Å²) in [7, 11) is 1.48. The first-order chi connectivity index (χ1) is 13.9. The van der Waals surface area contributed by atoms with Crippen molar-refractivity contribution in [1.29, 1.82) is 0 Å². The van der Waals surface area contributed by atoms with Crippen LogP contribution in [0.1, 0.15) is 16.8 Å². The van der Waals surface area contributed by atoms with Gasteiger partial charge in [0.15, 0.2) is 11.5 Å². The Morgan fingerprint density at radius 1 is 1.34 bits per heavy atom. The molecule has 29 heavy (non-hydrogen) atoms. The van der Waals surface area contributed by atoms with Gasteiger partial charge in [0, 0.05) is 5.56 Å². The summed E-state index contributed by atoms with van der Waals surface area (Å²) in [5, 5.41) is 10.7. The molecule has 2 aromatic carbocycles. The number of aryl methyl sites for hydroxylation is 1. The molecule has 0 aliphatic rings. The smallest absolute Gasteiger partial charge is 0.296 e. The molecule has 10 heteroatoms. The van der Waals surface area contributed by atoms with Crippen molar-refractivity contribution in [2.75, 3.05) is 7.11 Å². The molecule has 0 saturated carbocycles. The Balaban J connectivity index is 1.83. The van der Waals surface area contributed by atoms with Crippen LogP contribution in [-0.4, -0.2) is 28.2 Å². The standard InChI is InChI=1S/C19H16ClFN4O3S/c1-11-18(26)25(19(29)24-23-11)22-9-12-6-7-16(17(8-12)27-2)28-10-13-14(20)4-3-5-15(13)21/h3-9H,10H2,1-2H3,(H,24,29)/b22-9+. The van der Waals surface area contributed by atoms with E-state index in [-0.39, 0.29) is 27.7 Å². The van der Waals surface area contributed by atoms with Gasteiger partial charge in [-0.25, -0.2) is 4.39 Å². The minimum atomic E-state index is -0.449. The van der Waals surface area contributed by atoms with Crippen LogP contribution in [0.15, 0.2) is 46.3 Å². The van der Waals surface area contributed by atoms with Crippen LogP contribution < -0.4 is 15.0 Å². The number of hydrogen-bond donors (Lipinski definition) is 1. The van der Waals surface area contributed by atoms with E-state index in [1.165, 1.54) is 25.5 Å². The maximum atomic E-state index is 13.9. The van der Waals surface area contributed by atoms with E-state index >= 15 is 0 Å². The van der Waals surface area contributed by atoms with E-state index < -0.39 is 11.4 Å². The minimum Gasteiger partial charge on any atom is -0.493 e. The Labute approximate surface area is 175 Å². The van der Waals surface area contributed by atoms with Gasteiger partial charge in [0.2, 0.25) is 4.77 Å². The zero-order valence-corrected chi connectivity index (χ0v) is 17.1. The molecule has 0 fully saturated rings. The van der Waals surface area contributed by atoms with Crippen molar-refractivity contribution in [2.24, 2.45) is 5.10 Å². The van der Waals surface area contributed by atoms with Crippen molar-refractivity contribution in [3.8, 4) is 11.5 Å². The maximum absolute atomic E-state index is 13.9. The number of benzene rings is 2. The van der Waals surface area contributed by atoms with Gasteiger partial charge in [0.25, 0.3) is 5.56 Å². The van der Waals surface area contributed by atoms with E-state index in [9.17, 15) is 9.18 Å². The van der Waals surface area contributed by atoms with Gasteiger partial charge in [-0.3, -0.25) is 9.89 Å². The third kappa shape index (κ3) is 4.69. The molecule has 0 saturated heterocycles. The van der Waals surface area contributed by atoms with Crippen LogP contribution in [0.4, 0.5) is 4.39 Å². The zero-order chi connectivity index (χ0) is 21.0. The molecular formula is C19H16ClFN4O3S. The Morgan fingerprint density at radius 3 is 2.86 bits per heavy atom. The summed E-state index contributed by atoms with van der Waals surface area (Å²) in [5.74, 6) is 0.359. The first-order valence-electron chi connectivity index (χ1n) is 8.37. The Bertz CT molecular complexity index is 1170. The second kappa shape index (κ2) is 8.97. The largest absolute Gasteiger partial charge is 0.493 e. The summed E-state index contributed by atoms with van der Waals surface area (Å²) in [6, 6.07) is 9.44. The number of hydrogen-bond acceptors (Lipinski definition) is 6. The van der Waals surface area contributed by atoms with E-state index in [1.54, 1.807) is 31.2 Å². The van der Waals surface area contributed by atoms with Crippen LogP contribution in [0, 0.1) is 17.5 Å². The fourth-order valence-electron chi connectivity index (χ4n) is 2.41. The van der Waals surface area contributed by atoms with Crippen molar-refractivity contribution in [1.82, 2.24) is 14.9 Å². The molecule has 7 nitrogen and oxygen atoms in total. The first-order valence-corrected chi connectivity index (χ1v) is 9.15. The molecule has 0 aliphatic carbocycles. The average Bonchev–Trinajstić information content (AvgIpc) is 2.71. The summed E-state index contributed by atoms with van der Waals surface area (Å²) >= 11 is 11.0. The van der Waals surface area contributed by atoms with Crippen molar-refractivity contribution < 1.29 is 13.9 Å².